The van der Waals surface area contributed by atoms with E-state index in [0.29, 0.717) is 30.9 Å². The van der Waals surface area contributed by atoms with Gasteiger partial charge in [-0.05, 0) is 24.6 Å². The van der Waals surface area contributed by atoms with Crippen LogP contribution in [0, 0.1) is 0 Å². The van der Waals surface area contributed by atoms with Crippen LogP contribution >= 0.6 is 0 Å². The topological polar surface area (TPSA) is 105 Å². The molecule has 1 aromatic rings. The first-order chi connectivity index (χ1) is 11.3. The van der Waals surface area contributed by atoms with Crippen molar-refractivity contribution in [2.45, 2.75) is 44.6 Å². The maximum Gasteiger partial charge on any atom is 0.243 e. The number of anilines is 2. The van der Waals surface area contributed by atoms with Crippen LogP contribution in [0.1, 0.15) is 33.6 Å². The number of carbonyl (C=O) groups excluding carboxylic acids is 1. The van der Waals surface area contributed by atoms with E-state index in [-0.39, 0.29) is 10.8 Å². The summed E-state index contributed by atoms with van der Waals surface area (Å²) >= 11 is 0. The number of hydrogen-bond donors (Lipinski definition) is 3. The molecule has 0 heterocycles. The van der Waals surface area contributed by atoms with Gasteiger partial charge in [0.05, 0.1) is 22.3 Å². The van der Waals surface area contributed by atoms with Gasteiger partial charge < -0.3 is 16.4 Å². The van der Waals surface area contributed by atoms with Crippen molar-refractivity contribution in [1.82, 2.24) is 4.31 Å². The number of rotatable bonds is 9. The average molecular weight is 356 g/mol. The largest absolute Gasteiger partial charge is 0.386 e. The highest BCUT2D eigenvalue weighted by molar-refractivity contribution is 7.89. The van der Waals surface area contributed by atoms with Gasteiger partial charge in [-0.1, -0.05) is 27.2 Å². The van der Waals surface area contributed by atoms with Gasteiger partial charge in [0.1, 0.15) is 0 Å². The fourth-order valence-electron chi connectivity index (χ4n) is 2.39. The number of carbonyl (C=O) groups is 1. The quantitative estimate of drug-likeness (QED) is 0.626. The molecule has 136 valence electrons. The van der Waals surface area contributed by atoms with E-state index in [1.54, 1.807) is 27.0 Å². The maximum absolute atomic E-state index is 12.6. The zero-order valence-corrected chi connectivity index (χ0v) is 15.6. The number of hydrogen-bond acceptors (Lipinski definition) is 5. The molecule has 0 aliphatic rings. The summed E-state index contributed by atoms with van der Waals surface area (Å²) in [6, 6.07) is 4.01. The number of nitrogens with two attached hydrogens (primary N) is 1. The minimum absolute atomic E-state index is 0.143. The molecule has 24 heavy (non-hydrogen) atoms. The van der Waals surface area contributed by atoms with Crippen LogP contribution in [0.5, 0.6) is 0 Å². The van der Waals surface area contributed by atoms with E-state index >= 15 is 0 Å². The summed E-state index contributed by atoms with van der Waals surface area (Å²) in [6.07, 6.45) is 1.36. The second-order valence-corrected chi connectivity index (χ2v) is 7.37. The molecule has 0 aromatic heterocycles. The molecule has 0 radical (unpaired) electrons. The Morgan fingerprint density at radius 1 is 1.21 bits per heavy atom. The Morgan fingerprint density at radius 2 is 1.83 bits per heavy atom. The zero-order valence-electron chi connectivity index (χ0n) is 14.8. The van der Waals surface area contributed by atoms with Crippen LogP contribution < -0.4 is 16.4 Å². The predicted octanol–water partition coefficient (Wildman–Crippen LogP) is 1.82. The van der Waals surface area contributed by atoms with E-state index in [0.717, 1.165) is 6.42 Å². The molecule has 0 aliphatic carbocycles. The Kier molecular flexibility index (Phi) is 7.65. The lowest BCUT2D eigenvalue weighted by molar-refractivity contribution is -0.117. The first-order valence-electron chi connectivity index (χ1n) is 8.20. The summed E-state index contributed by atoms with van der Waals surface area (Å²) in [5.74, 6) is -0.328. The third-order valence-electron chi connectivity index (χ3n) is 3.80. The maximum atomic E-state index is 12.6. The Balaban J connectivity index is 3.19. The van der Waals surface area contributed by atoms with E-state index in [9.17, 15) is 13.2 Å². The summed E-state index contributed by atoms with van der Waals surface area (Å²) in [4.78, 5) is 12.3. The molecule has 1 rings (SSSR count). The highest BCUT2D eigenvalue weighted by Gasteiger charge is 2.23. The molecule has 0 bridgehead atoms. The van der Waals surface area contributed by atoms with E-state index in [2.05, 4.69) is 10.6 Å². The van der Waals surface area contributed by atoms with Crippen molar-refractivity contribution in [2.24, 2.45) is 5.73 Å². The van der Waals surface area contributed by atoms with Crippen LogP contribution in [0.25, 0.3) is 0 Å². The zero-order chi connectivity index (χ0) is 18.3. The molecule has 4 N–H and O–H groups in total. The minimum atomic E-state index is -3.59. The van der Waals surface area contributed by atoms with Crippen molar-refractivity contribution in [3.63, 3.8) is 0 Å². The van der Waals surface area contributed by atoms with Crippen LogP contribution in [0.15, 0.2) is 23.1 Å². The number of benzene rings is 1. The molecule has 1 atom stereocenters. The number of sulfonamides is 1. The second kappa shape index (κ2) is 9.00. The molecule has 1 unspecified atom stereocenters. The summed E-state index contributed by atoms with van der Waals surface area (Å²) < 4.78 is 26.6. The monoisotopic (exact) mass is 356 g/mol. The van der Waals surface area contributed by atoms with Crippen LogP contribution in [-0.2, 0) is 14.8 Å². The smallest absolute Gasteiger partial charge is 0.243 e. The van der Waals surface area contributed by atoms with Gasteiger partial charge in [-0.25, -0.2) is 8.42 Å². The lowest BCUT2D eigenvalue weighted by Crippen LogP contribution is -2.35. The molecule has 0 saturated heterocycles. The fraction of sp³-hybridized carbons (Fsp3) is 0.562. The molecule has 1 aromatic carbocycles. The molecule has 0 aliphatic heterocycles. The van der Waals surface area contributed by atoms with Crippen molar-refractivity contribution in [3.05, 3.63) is 18.2 Å². The van der Waals surface area contributed by atoms with Crippen LogP contribution in [-0.4, -0.2) is 44.8 Å². The van der Waals surface area contributed by atoms with E-state index < -0.39 is 16.1 Å². The van der Waals surface area contributed by atoms with E-state index in [4.69, 9.17) is 5.73 Å². The molecule has 0 spiro atoms. The molecule has 8 heteroatoms. The molecule has 1 amide bonds. The average Bonchev–Trinajstić information content (AvgIpc) is 2.55. The van der Waals surface area contributed by atoms with Gasteiger partial charge in [-0.3, -0.25) is 4.79 Å². The van der Waals surface area contributed by atoms with Crippen LogP contribution in [0.2, 0.25) is 0 Å². The second-order valence-electron chi connectivity index (χ2n) is 5.43. The van der Waals surface area contributed by atoms with E-state index in [1.165, 1.54) is 16.4 Å². The normalized spacial score (nSPS) is 12.9. The van der Waals surface area contributed by atoms with Gasteiger partial charge in [0.15, 0.2) is 0 Å². The first-order valence-corrected chi connectivity index (χ1v) is 9.64. The van der Waals surface area contributed by atoms with Crippen LogP contribution in [0.3, 0.4) is 0 Å². The highest BCUT2D eigenvalue weighted by Crippen LogP contribution is 2.27. The van der Waals surface area contributed by atoms with Gasteiger partial charge in [0.25, 0.3) is 0 Å². The molecule has 0 fully saturated rings. The summed E-state index contributed by atoms with van der Waals surface area (Å²) in [7, 11) is -1.89. The summed E-state index contributed by atoms with van der Waals surface area (Å²) in [5, 5.41) is 5.67. The lowest BCUT2D eigenvalue weighted by atomic mass is 10.1. The predicted molar refractivity (Wildman–Crippen MR) is 97.6 cm³/mol. The van der Waals surface area contributed by atoms with Gasteiger partial charge in [0.2, 0.25) is 15.9 Å². The van der Waals surface area contributed by atoms with Crippen molar-refractivity contribution in [1.29, 1.82) is 0 Å². The Hall–Kier alpha value is -1.64. The van der Waals surface area contributed by atoms with Crippen molar-refractivity contribution in [2.75, 3.05) is 30.8 Å². The number of nitrogens with one attached hydrogen (secondary N) is 2. The summed E-state index contributed by atoms with van der Waals surface area (Å²) in [6.45, 7) is 6.29. The van der Waals surface area contributed by atoms with Gasteiger partial charge >= 0.3 is 0 Å². The molecular weight excluding hydrogens is 328 g/mol. The van der Waals surface area contributed by atoms with Crippen molar-refractivity contribution >= 4 is 27.3 Å². The standard InChI is InChI=1S/C16H28N4O3S/c1-5-8-13(17)16(21)19-15-11-12(9-10-14(15)18-4)24(22,23)20(6-2)7-3/h9-11,13,18H,5-8,17H2,1-4H3,(H,19,21). The Bertz CT molecular complexity index is 657. The third-order valence-corrected chi connectivity index (χ3v) is 5.84. The molecular formula is C16H28N4O3S. The Labute approximate surface area is 144 Å². The van der Waals surface area contributed by atoms with Gasteiger partial charge in [0, 0.05) is 20.1 Å². The van der Waals surface area contributed by atoms with Crippen LogP contribution in [0.4, 0.5) is 11.4 Å². The van der Waals surface area contributed by atoms with Gasteiger partial charge in [-0.2, -0.15) is 4.31 Å². The number of nitrogens with zero attached hydrogens (tertiary/aromatic N) is 1. The number of amides is 1. The first kappa shape index (κ1) is 20.4. The van der Waals surface area contributed by atoms with Crippen molar-refractivity contribution in [3.8, 4) is 0 Å². The minimum Gasteiger partial charge on any atom is -0.386 e. The third kappa shape index (κ3) is 4.68. The summed E-state index contributed by atoms with van der Waals surface area (Å²) in [5.41, 5.74) is 6.86. The Morgan fingerprint density at radius 3 is 2.33 bits per heavy atom. The van der Waals surface area contributed by atoms with Gasteiger partial charge in [-0.15, -0.1) is 0 Å². The van der Waals surface area contributed by atoms with Crippen molar-refractivity contribution < 1.29 is 13.2 Å². The molecule has 7 nitrogen and oxygen atoms in total. The SMILES string of the molecule is CCCC(N)C(=O)Nc1cc(S(=O)(=O)N(CC)CC)ccc1NC. The van der Waals surface area contributed by atoms with E-state index in [1.807, 2.05) is 6.92 Å². The highest BCUT2D eigenvalue weighted by atomic mass is 32.2. The molecule has 0 saturated carbocycles. The fourth-order valence-corrected chi connectivity index (χ4v) is 3.87. The lowest BCUT2D eigenvalue weighted by Gasteiger charge is -2.20.